The predicted octanol–water partition coefficient (Wildman–Crippen LogP) is 4.26. The van der Waals surface area contributed by atoms with E-state index in [1.165, 1.54) is 31.2 Å². The Morgan fingerprint density at radius 3 is 2.81 bits per heavy atom. The largest absolute Gasteiger partial charge is 0.482 e. The number of rotatable bonds is 7. The fourth-order valence-electron chi connectivity index (χ4n) is 4.15. The molecule has 10 nitrogen and oxygen atoms in total. The molecular formula is C23H22F2N8O2S. The van der Waals surface area contributed by atoms with E-state index in [-0.39, 0.29) is 23.8 Å². The van der Waals surface area contributed by atoms with Crippen LogP contribution in [0.2, 0.25) is 0 Å². The van der Waals surface area contributed by atoms with Gasteiger partial charge in [-0.15, -0.1) is 0 Å². The number of nitrogens with two attached hydrogens (primary N) is 1. The van der Waals surface area contributed by atoms with Gasteiger partial charge in [0.05, 0.1) is 40.1 Å². The Morgan fingerprint density at radius 2 is 2.03 bits per heavy atom. The lowest BCUT2D eigenvalue weighted by molar-refractivity contribution is 0.262. The molecule has 1 aliphatic heterocycles. The maximum atomic E-state index is 14.9. The van der Waals surface area contributed by atoms with Crippen LogP contribution >= 0.6 is 11.8 Å². The van der Waals surface area contributed by atoms with Crippen molar-refractivity contribution in [2.24, 2.45) is 10.7 Å². The topological polar surface area (TPSA) is 137 Å². The van der Waals surface area contributed by atoms with E-state index in [1.54, 1.807) is 26.0 Å². The van der Waals surface area contributed by atoms with Crippen molar-refractivity contribution in [1.29, 1.82) is 0 Å². The second-order valence-corrected chi connectivity index (χ2v) is 10.4. The Balaban J connectivity index is 1.42. The zero-order chi connectivity index (χ0) is 25.3. The lowest BCUT2D eigenvalue weighted by Gasteiger charge is -2.39. The summed E-state index contributed by atoms with van der Waals surface area (Å²) in [7, 11) is 0. The summed E-state index contributed by atoms with van der Waals surface area (Å²) < 4.78 is 38.6. The van der Waals surface area contributed by atoms with Gasteiger partial charge in [0.1, 0.15) is 30.5 Å². The number of nitrogens with zero attached hydrogens (tertiary/aromatic N) is 6. The van der Waals surface area contributed by atoms with Gasteiger partial charge >= 0.3 is 0 Å². The third-order valence-electron chi connectivity index (χ3n) is 5.69. The fraction of sp³-hybridized carbons (Fsp3) is 0.304. The zero-order valence-electron chi connectivity index (χ0n) is 19.4. The summed E-state index contributed by atoms with van der Waals surface area (Å²) >= 11 is 1.15. The van der Waals surface area contributed by atoms with E-state index in [9.17, 15) is 8.78 Å². The Hall–Kier alpha value is -3.87. The molecule has 1 aliphatic rings. The van der Waals surface area contributed by atoms with Crippen molar-refractivity contribution in [2.75, 3.05) is 12.0 Å². The average Bonchev–Trinajstić information content (AvgIpc) is 3.37. The SMILES string of the molecule is C[C@]1(CF)C[C@@](C)(c2cc(Nc3ncnc4cc(OCc5ncco5)cnc34)cnc2F)N=C(N)S1. The van der Waals surface area contributed by atoms with Crippen molar-refractivity contribution in [3.05, 3.63) is 60.7 Å². The molecule has 2 atom stereocenters. The molecule has 0 aromatic carbocycles. The molecule has 0 fully saturated rings. The third-order valence-corrected chi connectivity index (χ3v) is 6.73. The highest BCUT2D eigenvalue weighted by molar-refractivity contribution is 8.15. The third kappa shape index (κ3) is 4.78. The molecule has 5 heterocycles. The monoisotopic (exact) mass is 512 g/mol. The highest BCUT2D eigenvalue weighted by Crippen LogP contribution is 2.46. The average molecular weight is 513 g/mol. The van der Waals surface area contributed by atoms with E-state index in [0.717, 1.165) is 11.8 Å². The predicted molar refractivity (Wildman–Crippen MR) is 131 cm³/mol. The van der Waals surface area contributed by atoms with Gasteiger partial charge in [-0.25, -0.2) is 29.3 Å². The number of aromatic nitrogens is 5. The van der Waals surface area contributed by atoms with Crippen LogP contribution in [0.1, 0.15) is 31.7 Å². The Labute approximate surface area is 208 Å². The first kappa shape index (κ1) is 23.9. The summed E-state index contributed by atoms with van der Waals surface area (Å²) in [5, 5.41) is 3.33. The van der Waals surface area contributed by atoms with Gasteiger partial charge in [0.2, 0.25) is 11.8 Å². The van der Waals surface area contributed by atoms with Crippen LogP contribution in [0, 0.1) is 5.95 Å². The molecule has 0 radical (unpaired) electrons. The van der Waals surface area contributed by atoms with Gasteiger partial charge in [-0.05, 0) is 26.3 Å². The fourth-order valence-corrected chi connectivity index (χ4v) is 5.31. The molecule has 4 aromatic heterocycles. The maximum Gasteiger partial charge on any atom is 0.232 e. The normalized spacial score (nSPS) is 21.8. The van der Waals surface area contributed by atoms with Crippen LogP contribution in [0.5, 0.6) is 5.75 Å². The lowest BCUT2D eigenvalue weighted by Crippen LogP contribution is -2.42. The Morgan fingerprint density at radius 1 is 1.17 bits per heavy atom. The number of aliphatic imine (C=N–C) groups is 1. The summed E-state index contributed by atoms with van der Waals surface area (Å²) in [4.78, 5) is 25.3. The van der Waals surface area contributed by atoms with Gasteiger partial charge in [0, 0.05) is 11.6 Å². The number of hydrogen-bond donors (Lipinski definition) is 2. The van der Waals surface area contributed by atoms with Crippen LogP contribution in [0.15, 0.2) is 52.7 Å². The second kappa shape index (κ2) is 9.30. The number of fused-ring (bicyclic) bond motifs is 1. The molecule has 4 aromatic rings. The molecule has 0 spiro atoms. The molecular weight excluding hydrogens is 490 g/mol. The number of anilines is 2. The van der Waals surface area contributed by atoms with Crippen LogP contribution in [-0.2, 0) is 12.1 Å². The van der Waals surface area contributed by atoms with Gasteiger partial charge < -0.3 is 20.2 Å². The van der Waals surface area contributed by atoms with Gasteiger partial charge in [0.25, 0.3) is 0 Å². The number of ether oxygens (including phenoxy) is 1. The lowest BCUT2D eigenvalue weighted by atomic mass is 9.84. The number of pyridine rings is 2. The minimum absolute atomic E-state index is 0.145. The van der Waals surface area contributed by atoms with Crippen molar-refractivity contribution < 1.29 is 17.9 Å². The van der Waals surface area contributed by atoms with Crippen LogP contribution in [0.25, 0.3) is 11.0 Å². The van der Waals surface area contributed by atoms with Crippen LogP contribution < -0.4 is 15.8 Å². The maximum absolute atomic E-state index is 14.9. The summed E-state index contributed by atoms with van der Waals surface area (Å²) in [6.07, 6.45) is 7.49. The summed E-state index contributed by atoms with van der Waals surface area (Å²) in [5.41, 5.74) is 6.54. The van der Waals surface area contributed by atoms with Crippen molar-refractivity contribution in [1.82, 2.24) is 24.9 Å². The standard InChI is InChI=1S/C23H22F2N8O2S/c1-22(11-24)10-23(2,33-21(26)36-22)15-5-13(7-29-19(15)25)32-20-18-16(30-12-31-20)6-14(8-28-18)35-9-17-27-3-4-34-17/h3-8,12H,9-11H2,1-2H3,(H2,26,33)(H,30,31,32)/t22-,23+/m1/s1. The molecule has 5 rings (SSSR count). The van der Waals surface area contributed by atoms with E-state index < -0.39 is 22.9 Å². The van der Waals surface area contributed by atoms with Gasteiger partial charge in [-0.3, -0.25) is 4.99 Å². The van der Waals surface area contributed by atoms with Crippen molar-refractivity contribution in [3.8, 4) is 5.75 Å². The highest BCUT2D eigenvalue weighted by Gasteiger charge is 2.43. The quantitative estimate of drug-likeness (QED) is 0.345. The van der Waals surface area contributed by atoms with E-state index >= 15 is 0 Å². The number of thioether (sulfide) groups is 1. The number of hydrogen-bond acceptors (Lipinski definition) is 11. The van der Waals surface area contributed by atoms with Gasteiger partial charge in [-0.1, -0.05) is 11.8 Å². The Bertz CT molecular complexity index is 1440. The molecule has 0 saturated heterocycles. The number of amidine groups is 1. The molecule has 186 valence electrons. The summed E-state index contributed by atoms with van der Waals surface area (Å²) in [6, 6.07) is 3.29. The first-order chi connectivity index (χ1) is 17.3. The van der Waals surface area contributed by atoms with E-state index in [0.29, 0.717) is 34.2 Å². The molecule has 0 bridgehead atoms. The minimum Gasteiger partial charge on any atom is -0.482 e. The molecule has 3 N–H and O–H groups in total. The molecule has 0 aliphatic carbocycles. The number of halogens is 2. The van der Waals surface area contributed by atoms with E-state index in [2.05, 4.69) is 35.2 Å². The number of oxazole rings is 1. The molecule has 0 saturated carbocycles. The smallest absolute Gasteiger partial charge is 0.232 e. The highest BCUT2D eigenvalue weighted by atomic mass is 32.2. The number of nitrogens with one attached hydrogen (secondary N) is 1. The first-order valence-electron chi connectivity index (χ1n) is 10.9. The van der Waals surface area contributed by atoms with Crippen LogP contribution in [0.4, 0.5) is 20.3 Å². The number of alkyl halides is 1. The van der Waals surface area contributed by atoms with Gasteiger partial charge in [0.15, 0.2) is 17.6 Å². The van der Waals surface area contributed by atoms with Crippen molar-refractivity contribution in [2.45, 2.75) is 37.2 Å². The first-order valence-corrected chi connectivity index (χ1v) is 11.7. The second-order valence-electron chi connectivity index (χ2n) is 8.75. The van der Waals surface area contributed by atoms with Crippen molar-refractivity contribution >= 4 is 39.5 Å². The minimum atomic E-state index is -1.09. The Kier molecular flexibility index (Phi) is 6.16. The molecule has 13 heteroatoms. The molecule has 0 unspecified atom stereocenters. The van der Waals surface area contributed by atoms with E-state index in [1.807, 2.05) is 0 Å². The van der Waals surface area contributed by atoms with E-state index in [4.69, 9.17) is 14.9 Å². The van der Waals surface area contributed by atoms with Crippen LogP contribution in [-0.4, -0.2) is 41.5 Å². The summed E-state index contributed by atoms with van der Waals surface area (Å²) in [5.74, 6) is 0.597. The molecule has 0 amide bonds. The van der Waals surface area contributed by atoms with Crippen LogP contribution in [0.3, 0.4) is 0 Å². The molecule has 36 heavy (non-hydrogen) atoms. The zero-order valence-corrected chi connectivity index (χ0v) is 20.2. The van der Waals surface area contributed by atoms with Crippen molar-refractivity contribution in [3.63, 3.8) is 0 Å². The summed E-state index contributed by atoms with van der Waals surface area (Å²) in [6.45, 7) is 2.98. The van der Waals surface area contributed by atoms with Gasteiger partial charge in [-0.2, -0.15) is 4.39 Å².